The van der Waals surface area contributed by atoms with Gasteiger partial charge in [-0.05, 0) is 12.0 Å². The number of rotatable bonds is 7. The predicted molar refractivity (Wildman–Crippen MR) is 98.5 cm³/mol. The third kappa shape index (κ3) is 5.08. The Labute approximate surface area is 171 Å². The number of hydrogen-bond donors (Lipinski definition) is 1. The standard InChI is InChI=1S/C20H26F6N2O2/c1-2-3-5-10-16(29)27-11-13-28(14-12-27)17(15-8-6-4-7-9-15)18(30,19(21,22)23)20(24,25)26/h4,6-9,17,30H,2-3,5,10-14H2,1H3. The van der Waals surface area contributed by atoms with Gasteiger partial charge in [-0.1, -0.05) is 50.1 Å². The molecule has 0 bridgehead atoms. The van der Waals surface area contributed by atoms with Crippen molar-refractivity contribution in [1.82, 2.24) is 9.80 Å². The van der Waals surface area contributed by atoms with E-state index in [4.69, 9.17) is 0 Å². The summed E-state index contributed by atoms with van der Waals surface area (Å²) in [6, 6.07) is 4.00. The Morgan fingerprint density at radius 3 is 1.97 bits per heavy atom. The predicted octanol–water partition coefficient (Wildman–Crippen LogP) is 4.31. The van der Waals surface area contributed by atoms with Gasteiger partial charge in [0.05, 0.1) is 6.04 Å². The molecular formula is C20H26F6N2O2. The van der Waals surface area contributed by atoms with Crippen molar-refractivity contribution in [3.63, 3.8) is 0 Å². The lowest BCUT2D eigenvalue weighted by atomic mass is 9.85. The number of amides is 1. The zero-order valence-corrected chi connectivity index (χ0v) is 16.6. The zero-order chi connectivity index (χ0) is 22.6. The first-order valence-corrected chi connectivity index (χ1v) is 9.86. The Kier molecular flexibility index (Phi) is 7.79. The molecule has 1 saturated heterocycles. The summed E-state index contributed by atoms with van der Waals surface area (Å²) in [5.41, 5.74) is -5.24. The number of unbranched alkanes of at least 4 members (excludes halogenated alkanes) is 2. The normalized spacial score (nSPS) is 17.8. The second-order valence-corrected chi connectivity index (χ2v) is 7.45. The van der Waals surface area contributed by atoms with Gasteiger partial charge in [-0.2, -0.15) is 26.3 Å². The summed E-state index contributed by atoms with van der Waals surface area (Å²) in [7, 11) is 0. The van der Waals surface area contributed by atoms with Crippen LogP contribution >= 0.6 is 0 Å². The molecule has 0 saturated carbocycles. The minimum atomic E-state index is -5.95. The smallest absolute Gasteiger partial charge is 0.372 e. The number of carbonyl (C=O) groups is 1. The van der Waals surface area contributed by atoms with Crippen LogP contribution in [-0.4, -0.2) is 64.9 Å². The largest absolute Gasteiger partial charge is 0.428 e. The Morgan fingerprint density at radius 2 is 1.50 bits per heavy atom. The number of aliphatic hydroxyl groups is 1. The van der Waals surface area contributed by atoms with E-state index in [2.05, 4.69) is 0 Å². The summed E-state index contributed by atoms with van der Waals surface area (Å²) in [5, 5.41) is 10.1. The fraction of sp³-hybridized carbons (Fsp3) is 0.650. The highest BCUT2D eigenvalue weighted by Crippen LogP contribution is 2.52. The van der Waals surface area contributed by atoms with E-state index in [0.29, 0.717) is 12.8 Å². The molecule has 10 heteroatoms. The molecule has 1 aromatic rings. The molecule has 1 aromatic carbocycles. The minimum Gasteiger partial charge on any atom is -0.372 e. The van der Waals surface area contributed by atoms with E-state index in [9.17, 15) is 36.2 Å². The molecular weight excluding hydrogens is 414 g/mol. The van der Waals surface area contributed by atoms with Gasteiger partial charge in [-0.3, -0.25) is 9.69 Å². The van der Waals surface area contributed by atoms with Crippen molar-refractivity contribution in [3.05, 3.63) is 35.9 Å². The summed E-state index contributed by atoms with van der Waals surface area (Å²) in [4.78, 5) is 14.7. The molecule has 0 aliphatic carbocycles. The van der Waals surface area contributed by atoms with E-state index in [0.717, 1.165) is 29.9 Å². The van der Waals surface area contributed by atoms with Crippen LogP contribution in [0.3, 0.4) is 0 Å². The van der Waals surface area contributed by atoms with Crippen molar-refractivity contribution >= 4 is 5.91 Å². The van der Waals surface area contributed by atoms with E-state index in [1.54, 1.807) is 0 Å². The van der Waals surface area contributed by atoms with Gasteiger partial charge in [0.1, 0.15) is 0 Å². The van der Waals surface area contributed by atoms with Crippen molar-refractivity contribution < 1.29 is 36.2 Å². The average Bonchev–Trinajstić information content (AvgIpc) is 2.68. The summed E-state index contributed by atoms with van der Waals surface area (Å²) in [6.45, 7) is 1.55. The number of nitrogens with zero attached hydrogens (tertiary/aromatic N) is 2. The van der Waals surface area contributed by atoms with Gasteiger partial charge in [0.25, 0.3) is 5.60 Å². The van der Waals surface area contributed by atoms with Crippen LogP contribution in [0.15, 0.2) is 30.3 Å². The number of piperazine rings is 1. The van der Waals surface area contributed by atoms with E-state index < -0.39 is 24.0 Å². The lowest BCUT2D eigenvalue weighted by Gasteiger charge is -2.47. The zero-order valence-electron chi connectivity index (χ0n) is 16.6. The molecule has 4 nitrogen and oxygen atoms in total. The Balaban J connectivity index is 2.30. The second-order valence-electron chi connectivity index (χ2n) is 7.45. The van der Waals surface area contributed by atoms with Crippen LogP contribution in [0.4, 0.5) is 26.3 Å². The van der Waals surface area contributed by atoms with E-state index in [1.807, 2.05) is 6.92 Å². The molecule has 1 unspecified atom stereocenters. The van der Waals surface area contributed by atoms with Crippen LogP contribution in [0.25, 0.3) is 0 Å². The van der Waals surface area contributed by atoms with Gasteiger partial charge in [0, 0.05) is 32.6 Å². The van der Waals surface area contributed by atoms with Crippen LogP contribution in [-0.2, 0) is 4.79 Å². The molecule has 170 valence electrons. The van der Waals surface area contributed by atoms with Crippen molar-refractivity contribution in [2.75, 3.05) is 26.2 Å². The molecule has 1 atom stereocenters. The maximum atomic E-state index is 13.6. The number of benzene rings is 1. The molecule has 1 aliphatic rings. The van der Waals surface area contributed by atoms with Crippen LogP contribution in [0.5, 0.6) is 0 Å². The van der Waals surface area contributed by atoms with Crippen molar-refractivity contribution in [2.24, 2.45) is 0 Å². The SMILES string of the molecule is CCCCCC(=O)N1CCN(C(c2ccccc2)C(O)(C(F)(F)F)C(F)(F)F)CC1. The maximum Gasteiger partial charge on any atom is 0.428 e. The van der Waals surface area contributed by atoms with E-state index >= 15 is 0 Å². The number of alkyl halides is 6. The molecule has 1 heterocycles. The highest BCUT2D eigenvalue weighted by molar-refractivity contribution is 5.76. The van der Waals surface area contributed by atoms with Gasteiger partial charge >= 0.3 is 12.4 Å². The van der Waals surface area contributed by atoms with Crippen LogP contribution < -0.4 is 0 Å². The first-order chi connectivity index (χ1) is 13.9. The van der Waals surface area contributed by atoms with Gasteiger partial charge < -0.3 is 10.0 Å². The highest BCUT2D eigenvalue weighted by Gasteiger charge is 2.75. The van der Waals surface area contributed by atoms with Crippen molar-refractivity contribution in [1.29, 1.82) is 0 Å². The van der Waals surface area contributed by atoms with Gasteiger partial charge in [-0.25, -0.2) is 0 Å². The summed E-state index contributed by atoms with van der Waals surface area (Å²) >= 11 is 0. The Bertz CT molecular complexity index is 671. The first-order valence-electron chi connectivity index (χ1n) is 9.86. The monoisotopic (exact) mass is 440 g/mol. The quantitative estimate of drug-likeness (QED) is 0.508. The Hall–Kier alpha value is -1.81. The van der Waals surface area contributed by atoms with Crippen molar-refractivity contribution in [2.45, 2.75) is 56.6 Å². The third-order valence-corrected chi connectivity index (χ3v) is 5.40. The van der Waals surface area contributed by atoms with E-state index in [1.165, 1.54) is 23.1 Å². The van der Waals surface area contributed by atoms with Crippen LogP contribution in [0.1, 0.15) is 44.2 Å². The fourth-order valence-electron chi connectivity index (χ4n) is 3.74. The lowest BCUT2D eigenvalue weighted by molar-refractivity contribution is -0.386. The van der Waals surface area contributed by atoms with Crippen LogP contribution in [0.2, 0.25) is 0 Å². The van der Waals surface area contributed by atoms with Gasteiger partial charge in [0.2, 0.25) is 5.91 Å². The molecule has 1 amide bonds. The first kappa shape index (κ1) is 24.5. The average molecular weight is 440 g/mol. The molecule has 1 fully saturated rings. The molecule has 1 aliphatic heterocycles. The number of carbonyl (C=O) groups excluding carboxylic acids is 1. The number of hydrogen-bond acceptors (Lipinski definition) is 3. The van der Waals surface area contributed by atoms with Crippen molar-refractivity contribution in [3.8, 4) is 0 Å². The lowest BCUT2D eigenvalue weighted by Crippen LogP contribution is -2.66. The minimum absolute atomic E-state index is 0.0000855. The summed E-state index contributed by atoms with van der Waals surface area (Å²) in [6.07, 6.45) is -9.12. The third-order valence-electron chi connectivity index (χ3n) is 5.40. The molecule has 30 heavy (non-hydrogen) atoms. The maximum absolute atomic E-state index is 13.6. The fourth-order valence-corrected chi connectivity index (χ4v) is 3.74. The van der Waals surface area contributed by atoms with Gasteiger partial charge in [-0.15, -0.1) is 0 Å². The van der Waals surface area contributed by atoms with E-state index in [-0.39, 0.29) is 37.6 Å². The Morgan fingerprint density at radius 1 is 0.967 bits per heavy atom. The van der Waals surface area contributed by atoms with Gasteiger partial charge in [0.15, 0.2) is 0 Å². The molecule has 0 aromatic heterocycles. The topological polar surface area (TPSA) is 43.8 Å². The second kappa shape index (κ2) is 9.55. The molecule has 2 rings (SSSR count). The summed E-state index contributed by atoms with van der Waals surface area (Å²) in [5.74, 6) is -0.165. The molecule has 1 N–H and O–H groups in total. The summed E-state index contributed by atoms with van der Waals surface area (Å²) < 4.78 is 81.6. The molecule has 0 radical (unpaired) electrons. The highest BCUT2D eigenvalue weighted by atomic mass is 19.4. The van der Waals surface area contributed by atoms with Crippen LogP contribution in [0, 0.1) is 0 Å². The molecule has 0 spiro atoms. The number of halogens is 6.